The number of para-hydroxylation sites is 1. The molecule has 1 N–H and O–H groups in total. The van der Waals surface area contributed by atoms with Crippen LogP contribution in [0.3, 0.4) is 0 Å². The average molecular weight is 306 g/mol. The zero-order valence-corrected chi connectivity index (χ0v) is 11.6. The Bertz CT molecular complexity index is 767. The fourth-order valence-corrected chi connectivity index (χ4v) is 2.76. The molecule has 3 aromatic rings. The molecule has 3 rings (SSSR count). The minimum atomic E-state index is -1.09. The smallest absolute Gasteiger partial charge is 0.337 e. The number of halogens is 1. The van der Waals surface area contributed by atoms with Crippen molar-refractivity contribution in [3.05, 3.63) is 53.1 Å². The lowest BCUT2D eigenvalue weighted by molar-refractivity contribution is 0.0696. The molecule has 0 radical (unpaired) electrons. The molecule has 0 unspecified atom stereocenters. The molecule has 2 aromatic carbocycles. The summed E-state index contributed by atoms with van der Waals surface area (Å²) in [7, 11) is 0. The van der Waals surface area contributed by atoms with Crippen molar-refractivity contribution in [2.75, 3.05) is 0 Å². The van der Waals surface area contributed by atoms with Crippen LogP contribution in [0.25, 0.3) is 10.2 Å². The van der Waals surface area contributed by atoms with Crippen LogP contribution in [-0.2, 0) is 0 Å². The molecule has 0 aliphatic rings. The molecule has 20 heavy (non-hydrogen) atoms. The van der Waals surface area contributed by atoms with Crippen molar-refractivity contribution in [1.82, 2.24) is 4.98 Å². The molecule has 0 bridgehead atoms. The predicted octanol–water partition coefficient (Wildman–Crippen LogP) is 4.44. The summed E-state index contributed by atoms with van der Waals surface area (Å²) < 4.78 is 6.60. The van der Waals surface area contributed by atoms with Gasteiger partial charge in [0.1, 0.15) is 5.75 Å². The third-order valence-electron chi connectivity index (χ3n) is 2.65. The topological polar surface area (TPSA) is 59.4 Å². The van der Waals surface area contributed by atoms with Gasteiger partial charge in [0, 0.05) is 0 Å². The van der Waals surface area contributed by atoms with E-state index < -0.39 is 5.97 Å². The zero-order chi connectivity index (χ0) is 14.1. The summed E-state index contributed by atoms with van der Waals surface area (Å²) in [5.41, 5.74) is 0.852. The number of ether oxygens (including phenoxy) is 1. The summed E-state index contributed by atoms with van der Waals surface area (Å²) in [4.78, 5) is 15.3. The highest BCUT2D eigenvalue weighted by Crippen LogP contribution is 2.32. The lowest BCUT2D eigenvalue weighted by Crippen LogP contribution is -1.97. The quantitative estimate of drug-likeness (QED) is 0.777. The summed E-state index contributed by atoms with van der Waals surface area (Å²) in [6.45, 7) is 0. The third kappa shape index (κ3) is 2.45. The van der Waals surface area contributed by atoms with E-state index in [1.807, 2.05) is 24.3 Å². The van der Waals surface area contributed by atoms with Crippen LogP contribution in [0.1, 0.15) is 10.4 Å². The summed E-state index contributed by atoms with van der Waals surface area (Å²) in [5.74, 6) is -0.699. The van der Waals surface area contributed by atoms with E-state index in [4.69, 9.17) is 21.4 Å². The van der Waals surface area contributed by atoms with Crippen molar-refractivity contribution in [1.29, 1.82) is 0 Å². The first-order chi connectivity index (χ1) is 9.63. The van der Waals surface area contributed by atoms with Gasteiger partial charge in [-0.1, -0.05) is 35.1 Å². The molecule has 0 spiro atoms. The number of fused-ring (bicyclic) bond motifs is 1. The minimum Gasteiger partial charge on any atom is -0.478 e. The number of hydrogen-bond donors (Lipinski definition) is 1. The monoisotopic (exact) mass is 305 g/mol. The first-order valence-corrected chi connectivity index (χ1v) is 6.89. The molecule has 0 aliphatic heterocycles. The van der Waals surface area contributed by atoms with E-state index in [1.54, 1.807) is 6.07 Å². The molecule has 1 heterocycles. The largest absolute Gasteiger partial charge is 0.478 e. The van der Waals surface area contributed by atoms with Gasteiger partial charge in [0.2, 0.25) is 0 Å². The number of carboxylic acids is 1. The Morgan fingerprint density at radius 2 is 2.05 bits per heavy atom. The van der Waals surface area contributed by atoms with Gasteiger partial charge >= 0.3 is 5.97 Å². The Kier molecular flexibility index (Phi) is 3.30. The third-order valence-corrected chi connectivity index (χ3v) is 3.89. The van der Waals surface area contributed by atoms with Gasteiger partial charge in [-0.25, -0.2) is 9.78 Å². The highest BCUT2D eigenvalue weighted by Gasteiger charge is 2.11. The standard InChI is InChI=1S/C14H8ClNO3S/c15-10-6-5-8(7-9(10)13(17)18)19-14-16-11-3-1-2-4-12(11)20-14/h1-7H,(H,17,18). The van der Waals surface area contributed by atoms with Gasteiger partial charge in [-0.05, 0) is 30.3 Å². The number of nitrogens with zero attached hydrogens (tertiary/aromatic N) is 1. The van der Waals surface area contributed by atoms with Gasteiger partial charge in [-0.2, -0.15) is 0 Å². The van der Waals surface area contributed by atoms with Crippen LogP contribution in [0.4, 0.5) is 0 Å². The van der Waals surface area contributed by atoms with Crippen LogP contribution in [0, 0.1) is 0 Å². The summed E-state index contributed by atoms with van der Waals surface area (Å²) in [5, 5.41) is 9.66. The van der Waals surface area contributed by atoms with Crippen LogP contribution in [0.5, 0.6) is 10.9 Å². The molecule has 0 saturated carbocycles. The molecule has 0 fully saturated rings. The molecule has 0 aliphatic carbocycles. The number of thiazole rings is 1. The van der Waals surface area contributed by atoms with Crippen molar-refractivity contribution in [2.45, 2.75) is 0 Å². The number of hydrogen-bond acceptors (Lipinski definition) is 4. The number of carboxylic acid groups (broad SMARTS) is 1. The molecule has 4 nitrogen and oxygen atoms in total. The Morgan fingerprint density at radius 3 is 2.80 bits per heavy atom. The van der Waals surface area contributed by atoms with Crippen LogP contribution in [0.15, 0.2) is 42.5 Å². The molecule has 0 atom stereocenters. The Hall–Kier alpha value is -2.11. The second-order valence-corrected chi connectivity index (χ2v) is 5.40. The maximum Gasteiger partial charge on any atom is 0.337 e. The van der Waals surface area contributed by atoms with Gasteiger partial charge in [0.25, 0.3) is 5.19 Å². The minimum absolute atomic E-state index is 0.00489. The van der Waals surface area contributed by atoms with Crippen molar-refractivity contribution in [3.63, 3.8) is 0 Å². The lowest BCUT2D eigenvalue weighted by Gasteiger charge is -2.04. The van der Waals surface area contributed by atoms with Gasteiger partial charge in [0.05, 0.1) is 20.8 Å². The van der Waals surface area contributed by atoms with Crippen LogP contribution < -0.4 is 4.74 Å². The first kappa shape index (κ1) is 12.9. The van der Waals surface area contributed by atoms with E-state index in [-0.39, 0.29) is 10.6 Å². The van der Waals surface area contributed by atoms with E-state index in [0.717, 1.165) is 10.2 Å². The van der Waals surface area contributed by atoms with E-state index in [2.05, 4.69) is 4.98 Å². The summed E-state index contributed by atoms with van der Waals surface area (Å²) >= 11 is 7.21. The van der Waals surface area contributed by atoms with Gasteiger partial charge in [-0.15, -0.1) is 0 Å². The Balaban J connectivity index is 1.94. The fourth-order valence-electron chi connectivity index (χ4n) is 1.73. The van der Waals surface area contributed by atoms with Crippen LogP contribution in [-0.4, -0.2) is 16.1 Å². The molecular formula is C14H8ClNO3S. The molecule has 6 heteroatoms. The average Bonchev–Trinajstić information content (AvgIpc) is 2.82. The molecule has 0 amide bonds. The SMILES string of the molecule is O=C(O)c1cc(Oc2nc3ccccc3s2)ccc1Cl. The maximum atomic E-state index is 11.0. The van der Waals surface area contributed by atoms with E-state index >= 15 is 0 Å². The fraction of sp³-hybridized carbons (Fsp3) is 0. The number of carbonyl (C=O) groups is 1. The Labute approximate surface area is 123 Å². The molecular weight excluding hydrogens is 298 g/mol. The van der Waals surface area contributed by atoms with E-state index in [1.165, 1.54) is 23.5 Å². The zero-order valence-electron chi connectivity index (χ0n) is 10.0. The predicted molar refractivity (Wildman–Crippen MR) is 78.1 cm³/mol. The number of benzene rings is 2. The van der Waals surface area contributed by atoms with Gasteiger partial charge in [-0.3, -0.25) is 0 Å². The van der Waals surface area contributed by atoms with Gasteiger partial charge < -0.3 is 9.84 Å². The summed E-state index contributed by atoms with van der Waals surface area (Å²) in [6, 6.07) is 12.2. The van der Waals surface area contributed by atoms with Crippen molar-refractivity contribution in [2.24, 2.45) is 0 Å². The molecule has 1 aromatic heterocycles. The number of rotatable bonds is 3. The van der Waals surface area contributed by atoms with Gasteiger partial charge in [0.15, 0.2) is 0 Å². The molecule has 100 valence electrons. The van der Waals surface area contributed by atoms with E-state index in [0.29, 0.717) is 10.9 Å². The maximum absolute atomic E-state index is 11.0. The normalized spacial score (nSPS) is 10.7. The van der Waals surface area contributed by atoms with E-state index in [9.17, 15) is 4.79 Å². The van der Waals surface area contributed by atoms with Crippen LogP contribution >= 0.6 is 22.9 Å². The lowest BCUT2D eigenvalue weighted by atomic mass is 10.2. The molecule has 0 saturated heterocycles. The van der Waals surface area contributed by atoms with Crippen molar-refractivity contribution >= 4 is 39.1 Å². The number of aromatic carboxylic acids is 1. The highest BCUT2D eigenvalue weighted by atomic mass is 35.5. The second-order valence-electron chi connectivity index (χ2n) is 4.00. The number of aromatic nitrogens is 1. The summed E-state index contributed by atoms with van der Waals surface area (Å²) in [6.07, 6.45) is 0. The van der Waals surface area contributed by atoms with Crippen LogP contribution in [0.2, 0.25) is 5.02 Å². The van der Waals surface area contributed by atoms with Crippen molar-refractivity contribution < 1.29 is 14.6 Å². The first-order valence-electron chi connectivity index (χ1n) is 5.70. The highest BCUT2D eigenvalue weighted by molar-refractivity contribution is 7.20. The second kappa shape index (κ2) is 5.11. The van der Waals surface area contributed by atoms with Crippen molar-refractivity contribution in [3.8, 4) is 10.9 Å². The Morgan fingerprint density at radius 1 is 1.25 bits per heavy atom.